The highest BCUT2D eigenvalue weighted by atomic mass is 79.9. The van der Waals surface area contributed by atoms with Crippen molar-refractivity contribution in [3.63, 3.8) is 0 Å². The number of carbonyl (C=O) groups excluding carboxylic acids is 2. The van der Waals surface area contributed by atoms with Crippen LogP contribution in [0.1, 0.15) is 18.4 Å². The highest BCUT2D eigenvalue weighted by molar-refractivity contribution is 9.10. The van der Waals surface area contributed by atoms with Crippen LogP contribution in [-0.4, -0.2) is 41.3 Å². The van der Waals surface area contributed by atoms with Crippen molar-refractivity contribution in [2.45, 2.75) is 19.4 Å². The zero-order chi connectivity index (χ0) is 19.1. The minimum atomic E-state index is -0.133. The molecule has 0 aliphatic carbocycles. The van der Waals surface area contributed by atoms with Crippen molar-refractivity contribution in [3.05, 3.63) is 58.7 Å². The molecule has 0 radical (unpaired) electrons. The van der Waals surface area contributed by atoms with Crippen molar-refractivity contribution in [2.24, 2.45) is 5.92 Å². The minimum Gasteiger partial charge on any atom is -0.351 e. The second-order valence-corrected chi connectivity index (χ2v) is 7.60. The Labute approximate surface area is 167 Å². The number of amides is 2. The number of piperidine rings is 1. The fourth-order valence-corrected chi connectivity index (χ4v) is 3.38. The fraction of sp³-hybridized carbons (Fsp3) is 0.350. The van der Waals surface area contributed by atoms with E-state index in [1.165, 1.54) is 0 Å². The maximum Gasteiger partial charge on any atom is 0.234 e. The molecule has 7 heteroatoms. The van der Waals surface area contributed by atoms with Gasteiger partial charge in [-0.3, -0.25) is 14.5 Å². The Morgan fingerprint density at radius 3 is 2.74 bits per heavy atom. The molecule has 2 heterocycles. The molecular weight excluding hydrogens is 408 g/mol. The summed E-state index contributed by atoms with van der Waals surface area (Å²) in [6.45, 7) is 2.25. The lowest BCUT2D eigenvalue weighted by atomic mass is 9.97. The molecule has 0 saturated carbocycles. The Hall–Kier alpha value is -2.25. The molecule has 2 amide bonds. The Morgan fingerprint density at radius 2 is 2.00 bits per heavy atom. The van der Waals surface area contributed by atoms with E-state index >= 15 is 0 Å². The lowest BCUT2D eigenvalue weighted by molar-refractivity contribution is -0.125. The monoisotopic (exact) mass is 430 g/mol. The third-order valence-electron chi connectivity index (χ3n) is 4.55. The summed E-state index contributed by atoms with van der Waals surface area (Å²) < 4.78 is 0.867. The van der Waals surface area contributed by atoms with Crippen molar-refractivity contribution in [2.75, 3.05) is 25.0 Å². The molecule has 1 aromatic carbocycles. The predicted molar refractivity (Wildman–Crippen MR) is 108 cm³/mol. The quantitative estimate of drug-likeness (QED) is 0.738. The van der Waals surface area contributed by atoms with Crippen LogP contribution < -0.4 is 10.6 Å². The summed E-state index contributed by atoms with van der Waals surface area (Å²) in [5.74, 6) is 0.348. The summed E-state index contributed by atoms with van der Waals surface area (Å²) in [4.78, 5) is 30.9. The van der Waals surface area contributed by atoms with E-state index in [-0.39, 0.29) is 17.7 Å². The standard InChI is InChI=1S/C20H23BrN4O2/c21-17-8-9-18(22-12-17)24-20(27)16-7-4-10-25(13-16)14-19(26)23-11-15-5-2-1-3-6-15/h1-3,5-6,8-9,12,16H,4,7,10-11,13-14H2,(H,23,26)(H,22,24,27). The molecule has 0 bridgehead atoms. The number of rotatable bonds is 6. The molecule has 1 aliphatic heterocycles. The first-order valence-corrected chi connectivity index (χ1v) is 9.85. The molecule has 2 aromatic rings. The second kappa shape index (κ2) is 9.62. The van der Waals surface area contributed by atoms with Crippen LogP contribution in [0.2, 0.25) is 0 Å². The third kappa shape index (κ3) is 6.15. The van der Waals surface area contributed by atoms with E-state index in [4.69, 9.17) is 0 Å². The minimum absolute atomic E-state index is 0.0190. The molecule has 3 rings (SSSR count). The molecule has 1 aromatic heterocycles. The molecule has 6 nitrogen and oxygen atoms in total. The van der Waals surface area contributed by atoms with Crippen LogP contribution in [0.25, 0.3) is 0 Å². The molecule has 27 heavy (non-hydrogen) atoms. The number of benzene rings is 1. The third-order valence-corrected chi connectivity index (χ3v) is 5.02. The maximum absolute atomic E-state index is 12.5. The van der Waals surface area contributed by atoms with E-state index < -0.39 is 0 Å². The fourth-order valence-electron chi connectivity index (χ4n) is 3.15. The van der Waals surface area contributed by atoms with Crippen LogP contribution in [0.5, 0.6) is 0 Å². The topological polar surface area (TPSA) is 74.3 Å². The van der Waals surface area contributed by atoms with E-state index in [0.29, 0.717) is 25.5 Å². The lowest BCUT2D eigenvalue weighted by Gasteiger charge is -2.31. The van der Waals surface area contributed by atoms with E-state index in [1.54, 1.807) is 12.3 Å². The van der Waals surface area contributed by atoms with Gasteiger partial charge in [0.15, 0.2) is 0 Å². The van der Waals surface area contributed by atoms with Crippen molar-refractivity contribution >= 4 is 33.6 Å². The van der Waals surface area contributed by atoms with Crippen molar-refractivity contribution in [1.82, 2.24) is 15.2 Å². The summed E-state index contributed by atoms with van der Waals surface area (Å²) in [5.41, 5.74) is 1.07. The van der Waals surface area contributed by atoms with Crippen LogP contribution in [-0.2, 0) is 16.1 Å². The van der Waals surface area contributed by atoms with E-state index in [2.05, 4.69) is 31.5 Å². The zero-order valence-corrected chi connectivity index (χ0v) is 16.6. The number of nitrogens with one attached hydrogen (secondary N) is 2. The van der Waals surface area contributed by atoms with Gasteiger partial charge >= 0.3 is 0 Å². The van der Waals surface area contributed by atoms with Gasteiger partial charge in [-0.1, -0.05) is 30.3 Å². The molecule has 2 N–H and O–H groups in total. The van der Waals surface area contributed by atoms with Crippen molar-refractivity contribution in [1.29, 1.82) is 0 Å². The van der Waals surface area contributed by atoms with Gasteiger partial charge in [0.2, 0.25) is 11.8 Å². The first-order valence-electron chi connectivity index (χ1n) is 9.05. The van der Waals surface area contributed by atoms with E-state index in [1.807, 2.05) is 41.3 Å². The first-order chi connectivity index (χ1) is 13.1. The van der Waals surface area contributed by atoms with Crippen molar-refractivity contribution < 1.29 is 9.59 Å². The Morgan fingerprint density at radius 1 is 1.19 bits per heavy atom. The molecule has 1 atom stereocenters. The van der Waals surface area contributed by atoms with E-state index in [9.17, 15) is 9.59 Å². The number of hydrogen-bond acceptors (Lipinski definition) is 4. The van der Waals surface area contributed by atoms with Gasteiger partial charge in [-0.05, 0) is 53.0 Å². The smallest absolute Gasteiger partial charge is 0.234 e. The number of likely N-dealkylation sites (tertiary alicyclic amines) is 1. The Bertz CT molecular complexity index is 767. The molecule has 1 fully saturated rings. The van der Waals surface area contributed by atoms with Crippen LogP contribution >= 0.6 is 15.9 Å². The summed E-state index contributed by atoms with van der Waals surface area (Å²) in [7, 11) is 0. The van der Waals surface area contributed by atoms with Gasteiger partial charge < -0.3 is 10.6 Å². The highest BCUT2D eigenvalue weighted by Crippen LogP contribution is 2.18. The normalized spacial score (nSPS) is 17.3. The average molecular weight is 431 g/mol. The van der Waals surface area contributed by atoms with E-state index in [0.717, 1.165) is 29.4 Å². The van der Waals surface area contributed by atoms with Crippen LogP contribution in [0.4, 0.5) is 5.82 Å². The number of carbonyl (C=O) groups is 2. The van der Waals surface area contributed by atoms with Gasteiger partial charge in [-0.15, -0.1) is 0 Å². The average Bonchev–Trinajstić information content (AvgIpc) is 2.69. The van der Waals surface area contributed by atoms with Gasteiger partial charge in [-0.25, -0.2) is 4.98 Å². The number of anilines is 1. The summed E-state index contributed by atoms with van der Waals surface area (Å²) in [6.07, 6.45) is 3.38. The number of pyridine rings is 1. The van der Waals surface area contributed by atoms with Gasteiger partial charge in [-0.2, -0.15) is 0 Å². The van der Waals surface area contributed by atoms with Gasteiger partial charge in [0, 0.05) is 23.8 Å². The van der Waals surface area contributed by atoms with Crippen LogP contribution in [0, 0.1) is 5.92 Å². The molecule has 1 unspecified atom stereocenters. The number of nitrogens with zero attached hydrogens (tertiary/aromatic N) is 2. The zero-order valence-electron chi connectivity index (χ0n) is 15.0. The molecular formula is C20H23BrN4O2. The maximum atomic E-state index is 12.5. The number of halogens is 1. The molecule has 0 spiro atoms. The first kappa shape index (κ1) is 19.5. The summed E-state index contributed by atoms with van der Waals surface area (Å²) in [6, 6.07) is 13.4. The van der Waals surface area contributed by atoms with Gasteiger partial charge in [0.05, 0.1) is 12.5 Å². The number of aromatic nitrogens is 1. The molecule has 1 aliphatic rings. The summed E-state index contributed by atoms with van der Waals surface area (Å²) >= 11 is 3.33. The summed E-state index contributed by atoms with van der Waals surface area (Å²) in [5, 5.41) is 5.80. The van der Waals surface area contributed by atoms with Crippen LogP contribution in [0.3, 0.4) is 0 Å². The SMILES string of the molecule is O=C(CN1CCCC(C(=O)Nc2ccc(Br)cn2)C1)NCc1ccccc1. The Kier molecular flexibility index (Phi) is 6.95. The second-order valence-electron chi connectivity index (χ2n) is 6.69. The highest BCUT2D eigenvalue weighted by Gasteiger charge is 2.27. The number of hydrogen-bond donors (Lipinski definition) is 2. The Balaban J connectivity index is 1.46. The molecule has 142 valence electrons. The van der Waals surface area contributed by atoms with Crippen LogP contribution in [0.15, 0.2) is 53.1 Å². The molecule has 1 saturated heterocycles. The predicted octanol–water partition coefficient (Wildman–Crippen LogP) is 2.81. The van der Waals surface area contributed by atoms with Gasteiger partial charge in [0.25, 0.3) is 0 Å². The van der Waals surface area contributed by atoms with Crippen molar-refractivity contribution in [3.8, 4) is 0 Å². The largest absolute Gasteiger partial charge is 0.351 e. The lowest BCUT2D eigenvalue weighted by Crippen LogP contribution is -2.45. The van der Waals surface area contributed by atoms with Gasteiger partial charge in [0.1, 0.15) is 5.82 Å².